The molecule has 0 aliphatic rings. The molecule has 0 bridgehead atoms. The van der Waals surface area contributed by atoms with E-state index in [9.17, 15) is 4.79 Å². The molecule has 2 aromatic carbocycles. The molecule has 1 aromatic heterocycles. The van der Waals surface area contributed by atoms with Gasteiger partial charge in [0.25, 0.3) is 0 Å². The molecule has 0 unspecified atom stereocenters. The van der Waals surface area contributed by atoms with Gasteiger partial charge in [-0.25, -0.2) is 9.48 Å². The Hall–Kier alpha value is -3.38. The van der Waals surface area contributed by atoms with Crippen molar-refractivity contribution in [3.63, 3.8) is 0 Å². The zero-order chi connectivity index (χ0) is 16.2. The molecule has 0 aliphatic carbocycles. The van der Waals surface area contributed by atoms with Crippen LogP contribution in [0.3, 0.4) is 0 Å². The van der Waals surface area contributed by atoms with E-state index in [1.807, 2.05) is 30.3 Å². The number of nitrogens with zero attached hydrogens (tertiary/aromatic N) is 6. The Labute approximate surface area is 130 Å². The fraction of sp³-hybridized carbons (Fsp3) is 0.133. The molecule has 0 saturated heterocycles. The Morgan fingerprint density at radius 3 is 2.87 bits per heavy atom. The SMILES string of the molecule is CCOC(=O)c1cn(-c2cccc3cccc(N=[N+]=[N-])c23)nn1. The monoisotopic (exact) mass is 308 g/mol. The predicted molar refractivity (Wildman–Crippen MR) is 83.6 cm³/mol. The number of rotatable bonds is 4. The largest absolute Gasteiger partial charge is 0.461 e. The maximum Gasteiger partial charge on any atom is 0.360 e. The van der Waals surface area contributed by atoms with Crippen molar-refractivity contribution in [2.75, 3.05) is 6.61 Å². The minimum atomic E-state index is -0.533. The van der Waals surface area contributed by atoms with Gasteiger partial charge in [0.05, 0.1) is 18.5 Å². The Morgan fingerprint density at radius 2 is 2.13 bits per heavy atom. The van der Waals surface area contributed by atoms with Crippen LogP contribution in [0.5, 0.6) is 0 Å². The van der Waals surface area contributed by atoms with Crippen molar-refractivity contribution in [3.8, 4) is 5.69 Å². The van der Waals surface area contributed by atoms with Gasteiger partial charge in [0.15, 0.2) is 5.69 Å². The van der Waals surface area contributed by atoms with Crippen molar-refractivity contribution in [3.05, 3.63) is 58.7 Å². The summed E-state index contributed by atoms with van der Waals surface area (Å²) in [7, 11) is 0. The maximum absolute atomic E-state index is 11.7. The summed E-state index contributed by atoms with van der Waals surface area (Å²) in [6.07, 6.45) is 1.49. The Bertz CT molecular complexity index is 921. The maximum atomic E-state index is 11.7. The van der Waals surface area contributed by atoms with Crippen molar-refractivity contribution < 1.29 is 9.53 Å². The average Bonchev–Trinajstić information content (AvgIpc) is 3.05. The molecule has 0 fully saturated rings. The zero-order valence-electron chi connectivity index (χ0n) is 12.2. The van der Waals surface area contributed by atoms with Crippen LogP contribution in [0.1, 0.15) is 17.4 Å². The molecular weight excluding hydrogens is 296 g/mol. The molecule has 8 nitrogen and oxygen atoms in total. The number of benzene rings is 2. The first kappa shape index (κ1) is 14.6. The second-order valence-corrected chi connectivity index (χ2v) is 4.61. The van der Waals surface area contributed by atoms with Gasteiger partial charge in [-0.2, -0.15) is 0 Å². The van der Waals surface area contributed by atoms with Crippen LogP contribution in [0.4, 0.5) is 5.69 Å². The van der Waals surface area contributed by atoms with Crippen LogP contribution in [0.2, 0.25) is 0 Å². The third kappa shape index (κ3) is 2.70. The summed E-state index contributed by atoms with van der Waals surface area (Å²) in [5.74, 6) is -0.533. The second-order valence-electron chi connectivity index (χ2n) is 4.61. The summed E-state index contributed by atoms with van der Waals surface area (Å²) in [4.78, 5) is 14.6. The van der Waals surface area contributed by atoms with E-state index in [0.717, 1.165) is 10.8 Å². The molecule has 0 radical (unpaired) electrons. The van der Waals surface area contributed by atoms with Crippen LogP contribution >= 0.6 is 0 Å². The molecule has 3 rings (SSSR count). The first-order chi connectivity index (χ1) is 11.2. The van der Waals surface area contributed by atoms with E-state index < -0.39 is 5.97 Å². The number of ether oxygens (including phenoxy) is 1. The number of azide groups is 1. The number of hydrogen-bond acceptors (Lipinski definition) is 5. The van der Waals surface area contributed by atoms with Crippen LogP contribution in [-0.4, -0.2) is 27.6 Å². The Balaban J connectivity index is 2.17. The van der Waals surface area contributed by atoms with E-state index in [1.165, 1.54) is 10.9 Å². The lowest BCUT2D eigenvalue weighted by Crippen LogP contribution is -2.04. The highest BCUT2D eigenvalue weighted by Gasteiger charge is 2.14. The molecule has 0 aliphatic heterocycles. The molecule has 0 amide bonds. The quantitative estimate of drug-likeness (QED) is 0.318. The summed E-state index contributed by atoms with van der Waals surface area (Å²) in [5, 5.41) is 13.1. The molecule has 114 valence electrons. The molecule has 23 heavy (non-hydrogen) atoms. The van der Waals surface area contributed by atoms with Crippen LogP contribution in [0.15, 0.2) is 47.7 Å². The number of carbonyl (C=O) groups excluding carboxylic acids is 1. The van der Waals surface area contributed by atoms with Crippen molar-refractivity contribution in [1.82, 2.24) is 15.0 Å². The standard InChI is InChI=1S/C15H12N6O2/c1-2-23-15(22)12-9-21(20-18-12)13-8-4-6-10-5-3-7-11(14(10)13)17-19-16/h3-9H,2H2,1H3. The van der Waals surface area contributed by atoms with Gasteiger partial charge in [0.2, 0.25) is 0 Å². The first-order valence-electron chi connectivity index (χ1n) is 6.91. The number of esters is 1. The minimum Gasteiger partial charge on any atom is -0.461 e. The average molecular weight is 308 g/mol. The van der Waals surface area contributed by atoms with Crippen LogP contribution in [0.25, 0.3) is 26.9 Å². The van der Waals surface area contributed by atoms with Crippen molar-refractivity contribution >= 4 is 22.4 Å². The van der Waals surface area contributed by atoms with Crippen molar-refractivity contribution in [1.29, 1.82) is 0 Å². The van der Waals surface area contributed by atoms with Gasteiger partial charge in [-0.05, 0) is 23.9 Å². The van der Waals surface area contributed by atoms with Crippen LogP contribution < -0.4 is 0 Å². The van der Waals surface area contributed by atoms with Gasteiger partial charge in [-0.1, -0.05) is 40.7 Å². The molecule has 0 atom stereocenters. The highest BCUT2D eigenvalue weighted by molar-refractivity contribution is 5.99. The number of fused-ring (bicyclic) bond motifs is 1. The van der Waals surface area contributed by atoms with Gasteiger partial charge in [0.1, 0.15) is 0 Å². The molecule has 0 spiro atoms. The van der Waals surface area contributed by atoms with E-state index in [-0.39, 0.29) is 12.3 Å². The molecule has 1 heterocycles. The second kappa shape index (κ2) is 6.17. The molecular formula is C15H12N6O2. The Morgan fingerprint density at radius 1 is 1.35 bits per heavy atom. The summed E-state index contributed by atoms with van der Waals surface area (Å²) in [6.45, 7) is 1.99. The van der Waals surface area contributed by atoms with Crippen molar-refractivity contribution in [2.45, 2.75) is 6.92 Å². The molecule has 3 aromatic rings. The Kier molecular flexibility index (Phi) is 3.90. The first-order valence-corrected chi connectivity index (χ1v) is 6.91. The van der Waals surface area contributed by atoms with Gasteiger partial charge in [0, 0.05) is 16.0 Å². The normalized spacial score (nSPS) is 10.3. The smallest absolute Gasteiger partial charge is 0.360 e. The topological polar surface area (TPSA) is 106 Å². The lowest BCUT2D eigenvalue weighted by Gasteiger charge is -2.08. The van der Waals surface area contributed by atoms with Gasteiger partial charge in [-0.15, -0.1) is 5.10 Å². The molecule has 0 saturated carbocycles. The lowest BCUT2D eigenvalue weighted by molar-refractivity contribution is 0.0519. The van der Waals surface area contributed by atoms with Gasteiger partial charge >= 0.3 is 5.97 Å². The summed E-state index contributed by atoms with van der Waals surface area (Å²) in [6, 6.07) is 11.0. The van der Waals surface area contributed by atoms with E-state index in [1.54, 1.807) is 13.0 Å². The third-order valence-electron chi connectivity index (χ3n) is 3.24. The van der Waals surface area contributed by atoms with Crippen LogP contribution in [-0.2, 0) is 4.74 Å². The van der Waals surface area contributed by atoms with E-state index in [4.69, 9.17) is 10.3 Å². The fourth-order valence-corrected chi connectivity index (χ4v) is 2.30. The highest BCUT2D eigenvalue weighted by atomic mass is 16.5. The predicted octanol–water partition coefficient (Wildman–Crippen LogP) is 3.54. The number of carbonyl (C=O) groups is 1. The number of aromatic nitrogens is 3. The van der Waals surface area contributed by atoms with E-state index in [0.29, 0.717) is 11.4 Å². The number of hydrogen-bond donors (Lipinski definition) is 0. The van der Waals surface area contributed by atoms with E-state index >= 15 is 0 Å². The third-order valence-corrected chi connectivity index (χ3v) is 3.24. The summed E-state index contributed by atoms with van der Waals surface area (Å²) < 4.78 is 6.37. The summed E-state index contributed by atoms with van der Waals surface area (Å²) >= 11 is 0. The molecule has 0 N–H and O–H groups in total. The lowest BCUT2D eigenvalue weighted by atomic mass is 10.1. The summed E-state index contributed by atoms with van der Waals surface area (Å²) in [5.41, 5.74) is 10.00. The zero-order valence-corrected chi connectivity index (χ0v) is 12.2. The highest BCUT2D eigenvalue weighted by Crippen LogP contribution is 2.31. The molecule has 8 heteroatoms. The van der Waals surface area contributed by atoms with Crippen molar-refractivity contribution in [2.24, 2.45) is 5.11 Å². The van der Waals surface area contributed by atoms with Gasteiger partial charge < -0.3 is 4.74 Å². The van der Waals surface area contributed by atoms with Gasteiger partial charge in [-0.3, -0.25) is 0 Å². The minimum absolute atomic E-state index is 0.116. The van der Waals surface area contributed by atoms with Crippen LogP contribution in [0, 0.1) is 0 Å². The van der Waals surface area contributed by atoms with E-state index in [2.05, 4.69) is 20.3 Å². The fourth-order valence-electron chi connectivity index (χ4n) is 2.30.